The van der Waals surface area contributed by atoms with Gasteiger partial charge in [0.25, 0.3) is 0 Å². The minimum atomic E-state index is 0. The molecule has 0 bridgehead atoms. The summed E-state index contributed by atoms with van der Waals surface area (Å²) in [6.45, 7) is 0. The van der Waals surface area contributed by atoms with E-state index in [0.717, 1.165) is 0 Å². The molecule has 1 heteroatoms. The third kappa shape index (κ3) is 156. The summed E-state index contributed by atoms with van der Waals surface area (Å²) in [4.78, 5) is 0. The second kappa shape index (κ2) is 309. The summed E-state index contributed by atoms with van der Waals surface area (Å²) in [5.41, 5.74) is 0. The average molecular weight is 141 g/mol. The first-order chi connectivity index (χ1) is 0. The molecule has 0 aromatic carbocycles. The van der Waals surface area contributed by atoms with Gasteiger partial charge in [0.05, 0.1) is 0 Å². The van der Waals surface area contributed by atoms with E-state index < -0.39 is 0 Å². The summed E-state index contributed by atoms with van der Waals surface area (Å²) < 4.78 is 0. The second-order valence-electron chi connectivity index (χ2n) is 0. The summed E-state index contributed by atoms with van der Waals surface area (Å²) in [7, 11) is 0. The molecule has 0 fully saturated rings. The van der Waals surface area contributed by atoms with Crippen LogP contribution in [0.3, 0.4) is 0 Å². The van der Waals surface area contributed by atoms with E-state index in [-0.39, 0.29) is 56.6 Å². The van der Waals surface area contributed by atoms with E-state index in [1.807, 2.05) is 0 Å². The molecule has 0 rings (SSSR count). The molecule has 0 nitrogen and oxygen atoms in total. The van der Waals surface area contributed by atoms with Gasteiger partial charge < -0.3 is 37.1 Å². The van der Waals surface area contributed by atoms with Crippen molar-refractivity contribution in [2.24, 2.45) is 0 Å². The molecular formula is C5H15Zn-3. The van der Waals surface area contributed by atoms with E-state index in [1.54, 1.807) is 0 Å². The van der Waals surface area contributed by atoms with Crippen molar-refractivity contribution in [2.45, 2.75) is 0 Å². The molecule has 0 unspecified atom stereocenters. The molecule has 0 atom stereocenters. The summed E-state index contributed by atoms with van der Waals surface area (Å²) in [6.07, 6.45) is 0. The Hall–Kier alpha value is 0.623. The summed E-state index contributed by atoms with van der Waals surface area (Å²) in [5.74, 6) is 0. The Kier molecular flexibility index (Phi) is 27800. The SMILES string of the molecule is [CH3-].[CH3-].[CH3-].[CH3-].[CH3-].[Zn+2]. The Labute approximate surface area is 57.1 Å². The van der Waals surface area contributed by atoms with Crippen LogP contribution in [0.25, 0.3) is 0 Å². The maximum absolute atomic E-state index is 0. The van der Waals surface area contributed by atoms with Crippen LogP contribution in [0.2, 0.25) is 0 Å². The van der Waals surface area contributed by atoms with Crippen molar-refractivity contribution in [3.05, 3.63) is 37.1 Å². The van der Waals surface area contributed by atoms with E-state index in [9.17, 15) is 0 Å². The van der Waals surface area contributed by atoms with Crippen molar-refractivity contribution < 1.29 is 19.5 Å². The fourth-order valence-electron chi connectivity index (χ4n) is 0. The predicted molar refractivity (Wildman–Crippen MR) is 32.1 cm³/mol. The van der Waals surface area contributed by atoms with E-state index in [1.165, 1.54) is 0 Å². The van der Waals surface area contributed by atoms with Gasteiger partial charge in [0.15, 0.2) is 0 Å². The molecule has 40 valence electrons. The molecule has 0 radical (unpaired) electrons. The average Bonchev–Trinajstić information content (AvgIpc) is 0. The molecule has 0 aliphatic heterocycles. The van der Waals surface area contributed by atoms with Crippen LogP contribution in [0, 0.1) is 37.1 Å². The number of hydrogen-bond acceptors (Lipinski definition) is 0. The van der Waals surface area contributed by atoms with Gasteiger partial charge in [0.2, 0.25) is 0 Å². The zero-order chi connectivity index (χ0) is 0. The van der Waals surface area contributed by atoms with Gasteiger partial charge in [-0.05, 0) is 0 Å². The molecule has 0 amide bonds. The summed E-state index contributed by atoms with van der Waals surface area (Å²) in [5, 5.41) is 0. The molecule has 0 aliphatic rings. The minimum Gasteiger partial charge on any atom is -0.358 e. The Morgan fingerprint density at radius 3 is 0.333 bits per heavy atom. The van der Waals surface area contributed by atoms with Gasteiger partial charge in [0.1, 0.15) is 0 Å². The first kappa shape index (κ1) is 539. The Balaban J connectivity index is 0. The Bertz CT molecular complexity index is 3.90. The fourth-order valence-corrected chi connectivity index (χ4v) is 0. The molecule has 0 spiro atoms. The Morgan fingerprint density at radius 1 is 0.333 bits per heavy atom. The molecule has 0 heterocycles. The van der Waals surface area contributed by atoms with Crippen LogP contribution in [-0.4, -0.2) is 0 Å². The molecule has 0 aliphatic carbocycles. The van der Waals surface area contributed by atoms with Crippen LogP contribution in [0.1, 0.15) is 0 Å². The zero-order valence-corrected chi connectivity index (χ0v) is 8.67. The molecule has 0 aromatic heterocycles. The van der Waals surface area contributed by atoms with Crippen molar-refractivity contribution >= 4 is 0 Å². The van der Waals surface area contributed by atoms with Gasteiger partial charge in [-0.2, -0.15) is 0 Å². The van der Waals surface area contributed by atoms with Crippen molar-refractivity contribution in [3.63, 3.8) is 0 Å². The van der Waals surface area contributed by atoms with Gasteiger partial charge in [-0.25, -0.2) is 0 Å². The van der Waals surface area contributed by atoms with E-state index in [2.05, 4.69) is 0 Å². The minimum absolute atomic E-state index is 0. The van der Waals surface area contributed by atoms with Gasteiger partial charge in [0, 0.05) is 0 Å². The van der Waals surface area contributed by atoms with Gasteiger partial charge in [-0.15, -0.1) is 0 Å². The van der Waals surface area contributed by atoms with Gasteiger partial charge >= 0.3 is 19.5 Å². The molecule has 0 saturated carbocycles. The number of rotatable bonds is 0. The second-order valence-corrected chi connectivity index (χ2v) is 0. The van der Waals surface area contributed by atoms with Crippen LogP contribution in [-0.2, 0) is 19.5 Å². The van der Waals surface area contributed by atoms with Crippen molar-refractivity contribution in [3.8, 4) is 0 Å². The van der Waals surface area contributed by atoms with E-state index in [4.69, 9.17) is 0 Å². The van der Waals surface area contributed by atoms with Crippen LogP contribution in [0.4, 0.5) is 0 Å². The summed E-state index contributed by atoms with van der Waals surface area (Å²) in [6, 6.07) is 0. The van der Waals surface area contributed by atoms with Crippen LogP contribution >= 0.6 is 0 Å². The molecule has 0 saturated heterocycles. The first-order valence-corrected chi connectivity index (χ1v) is 0. The van der Waals surface area contributed by atoms with Crippen molar-refractivity contribution in [2.75, 3.05) is 0 Å². The maximum atomic E-state index is 0. The van der Waals surface area contributed by atoms with E-state index >= 15 is 0 Å². The number of hydrogen-bond donors (Lipinski definition) is 0. The third-order valence-electron chi connectivity index (χ3n) is 0. The maximum Gasteiger partial charge on any atom is 2.00 e. The van der Waals surface area contributed by atoms with Crippen LogP contribution in [0.15, 0.2) is 0 Å². The zero-order valence-electron chi connectivity index (χ0n) is 5.71. The normalized spacial score (nSPS) is 0. The van der Waals surface area contributed by atoms with Gasteiger partial charge in [-0.1, -0.05) is 0 Å². The monoisotopic (exact) mass is 139 g/mol. The Morgan fingerprint density at radius 2 is 0.333 bits per heavy atom. The van der Waals surface area contributed by atoms with Crippen LogP contribution in [0.5, 0.6) is 0 Å². The molecular weight excluding hydrogens is 125 g/mol. The van der Waals surface area contributed by atoms with Crippen LogP contribution < -0.4 is 0 Å². The standard InChI is InChI=1S/5CH3.Zn/h5*1H3;/q5*-1;+2. The van der Waals surface area contributed by atoms with Crippen molar-refractivity contribution in [1.82, 2.24) is 0 Å². The fraction of sp³-hybridized carbons (Fsp3) is 0. The van der Waals surface area contributed by atoms with Crippen molar-refractivity contribution in [1.29, 1.82) is 0 Å². The topological polar surface area (TPSA) is 0 Å². The molecule has 0 aromatic rings. The summed E-state index contributed by atoms with van der Waals surface area (Å²) >= 11 is 0. The van der Waals surface area contributed by atoms with Gasteiger partial charge in [-0.3, -0.25) is 0 Å². The smallest absolute Gasteiger partial charge is 0.358 e. The molecule has 0 N–H and O–H groups in total. The molecule has 6 heavy (non-hydrogen) atoms. The quantitative estimate of drug-likeness (QED) is 0.358. The predicted octanol–water partition coefficient (Wildman–Crippen LogP) is 2.25. The largest absolute Gasteiger partial charge is 2.00 e. The third-order valence-corrected chi connectivity index (χ3v) is 0. The first-order valence-electron chi connectivity index (χ1n) is 0. The van der Waals surface area contributed by atoms with E-state index in [0.29, 0.717) is 0 Å².